The number of esters is 1. The van der Waals surface area contributed by atoms with Crippen LogP contribution in [0.4, 0.5) is 11.4 Å². The molecule has 6 heteroatoms. The van der Waals surface area contributed by atoms with Gasteiger partial charge in [-0.15, -0.1) is 0 Å². The van der Waals surface area contributed by atoms with Crippen LogP contribution in [0.2, 0.25) is 5.02 Å². The van der Waals surface area contributed by atoms with Crippen molar-refractivity contribution in [2.75, 3.05) is 24.8 Å². The van der Waals surface area contributed by atoms with Crippen LogP contribution in [0.5, 0.6) is 5.75 Å². The molecular weight excluding hydrogens is 328 g/mol. The van der Waals surface area contributed by atoms with Crippen molar-refractivity contribution < 1.29 is 14.3 Å². The largest absolute Gasteiger partial charge is 0.497 e. The highest BCUT2D eigenvalue weighted by molar-refractivity contribution is 6.32. The number of halogens is 1. The topological polar surface area (TPSA) is 73.6 Å². The summed E-state index contributed by atoms with van der Waals surface area (Å²) in [5.74, 6) is 0.179. The molecule has 5 nitrogen and oxygen atoms in total. The predicted octanol–water partition coefficient (Wildman–Crippen LogP) is 3.95. The van der Waals surface area contributed by atoms with Crippen LogP contribution in [0.3, 0.4) is 0 Å². The average molecular weight is 347 g/mol. The van der Waals surface area contributed by atoms with E-state index in [1.54, 1.807) is 44.4 Å². The monoisotopic (exact) mass is 346 g/mol. The van der Waals surface area contributed by atoms with E-state index in [2.05, 4.69) is 5.32 Å². The Bertz CT molecular complexity index is 760. The first-order valence-corrected chi connectivity index (χ1v) is 7.76. The Morgan fingerprint density at radius 2 is 2.04 bits per heavy atom. The fraction of sp³-hybridized carbons (Fsp3) is 0.167. The van der Waals surface area contributed by atoms with E-state index < -0.39 is 5.97 Å². The van der Waals surface area contributed by atoms with Crippen LogP contribution < -0.4 is 15.8 Å². The highest BCUT2D eigenvalue weighted by Gasteiger charge is 2.11. The highest BCUT2D eigenvalue weighted by Crippen LogP contribution is 2.30. The Balaban J connectivity index is 2.40. The van der Waals surface area contributed by atoms with Crippen molar-refractivity contribution in [1.82, 2.24) is 0 Å². The molecule has 0 atom stereocenters. The third-order valence-corrected chi connectivity index (χ3v) is 3.57. The molecule has 126 valence electrons. The zero-order valence-corrected chi connectivity index (χ0v) is 14.3. The first kappa shape index (κ1) is 17.7. The summed E-state index contributed by atoms with van der Waals surface area (Å²) in [6, 6.07) is 12.4. The fourth-order valence-electron chi connectivity index (χ4n) is 2.09. The van der Waals surface area contributed by atoms with Crippen LogP contribution in [0.1, 0.15) is 12.5 Å². The molecule has 2 rings (SSSR count). The van der Waals surface area contributed by atoms with Gasteiger partial charge in [0.25, 0.3) is 0 Å². The number of methoxy groups -OCH3 is 1. The summed E-state index contributed by atoms with van der Waals surface area (Å²) < 4.78 is 10.1. The van der Waals surface area contributed by atoms with E-state index in [0.717, 1.165) is 0 Å². The fourth-order valence-corrected chi connectivity index (χ4v) is 2.33. The molecular formula is C18H19ClN2O3. The molecule has 2 aromatic rings. The van der Waals surface area contributed by atoms with Crippen LogP contribution in [0.15, 0.2) is 48.5 Å². The average Bonchev–Trinajstić information content (AvgIpc) is 2.56. The maximum absolute atomic E-state index is 11.9. The molecule has 0 saturated heterocycles. The maximum atomic E-state index is 11.9. The Labute approximate surface area is 146 Å². The summed E-state index contributed by atoms with van der Waals surface area (Å²) in [7, 11) is 1.57. The molecule has 0 aliphatic carbocycles. The van der Waals surface area contributed by atoms with Crippen molar-refractivity contribution in [1.29, 1.82) is 0 Å². The van der Waals surface area contributed by atoms with Crippen LogP contribution in [0.25, 0.3) is 5.70 Å². The summed E-state index contributed by atoms with van der Waals surface area (Å²) in [6.45, 7) is 2.03. The van der Waals surface area contributed by atoms with Gasteiger partial charge in [0.2, 0.25) is 0 Å². The molecule has 0 aromatic heterocycles. The summed E-state index contributed by atoms with van der Waals surface area (Å²) >= 11 is 6.25. The first-order chi connectivity index (χ1) is 11.5. The van der Waals surface area contributed by atoms with Crippen LogP contribution in [-0.2, 0) is 9.53 Å². The number of ether oxygens (including phenoxy) is 2. The summed E-state index contributed by atoms with van der Waals surface area (Å²) in [5, 5.41) is 3.65. The maximum Gasteiger partial charge on any atom is 0.332 e. The number of hydrogen-bond acceptors (Lipinski definition) is 5. The van der Waals surface area contributed by atoms with Gasteiger partial charge < -0.3 is 20.5 Å². The Morgan fingerprint density at radius 1 is 1.29 bits per heavy atom. The molecule has 0 heterocycles. The minimum Gasteiger partial charge on any atom is -0.497 e. The number of anilines is 2. The van der Waals surface area contributed by atoms with Gasteiger partial charge in [-0.3, -0.25) is 0 Å². The Hall–Kier alpha value is -2.66. The molecule has 0 radical (unpaired) electrons. The minimum absolute atomic E-state index is 0.288. The number of hydrogen-bond donors (Lipinski definition) is 2. The third kappa shape index (κ3) is 4.43. The molecule has 0 saturated carbocycles. The number of benzene rings is 2. The van der Waals surface area contributed by atoms with E-state index in [4.69, 9.17) is 26.8 Å². The molecule has 0 bridgehead atoms. The van der Waals surface area contributed by atoms with Crippen molar-refractivity contribution in [3.05, 3.63) is 59.1 Å². The van der Waals surface area contributed by atoms with E-state index in [9.17, 15) is 4.79 Å². The second-order valence-electron chi connectivity index (χ2n) is 4.87. The lowest BCUT2D eigenvalue weighted by atomic mass is 10.1. The Morgan fingerprint density at radius 3 is 2.67 bits per heavy atom. The van der Waals surface area contributed by atoms with Gasteiger partial charge >= 0.3 is 5.97 Å². The lowest BCUT2D eigenvalue weighted by Gasteiger charge is -2.15. The van der Waals surface area contributed by atoms with Crippen molar-refractivity contribution in [2.45, 2.75) is 6.92 Å². The second kappa shape index (κ2) is 8.26. The van der Waals surface area contributed by atoms with Gasteiger partial charge in [0.05, 0.1) is 30.8 Å². The lowest BCUT2D eigenvalue weighted by molar-refractivity contribution is -0.137. The van der Waals surface area contributed by atoms with Crippen LogP contribution in [-0.4, -0.2) is 19.7 Å². The van der Waals surface area contributed by atoms with Gasteiger partial charge in [-0.1, -0.05) is 29.8 Å². The molecule has 0 amide bonds. The van der Waals surface area contributed by atoms with E-state index in [0.29, 0.717) is 33.4 Å². The smallest absolute Gasteiger partial charge is 0.332 e. The van der Waals surface area contributed by atoms with Crippen LogP contribution in [0, 0.1) is 0 Å². The molecule has 0 spiro atoms. The van der Waals surface area contributed by atoms with E-state index in [-0.39, 0.29) is 6.61 Å². The SMILES string of the molecule is CCOC(=O)/C=C(/Nc1ccc(OC)cc1N)c1ccccc1Cl. The lowest BCUT2D eigenvalue weighted by Crippen LogP contribution is -2.07. The molecule has 0 unspecified atom stereocenters. The van der Waals surface area contributed by atoms with Crippen molar-refractivity contribution >= 4 is 34.6 Å². The van der Waals surface area contributed by atoms with Gasteiger partial charge in [0, 0.05) is 22.7 Å². The molecule has 2 aromatic carbocycles. The standard InChI is InChI=1S/C18H19ClN2O3/c1-3-24-18(22)11-17(13-6-4-5-7-14(13)19)21-16-9-8-12(23-2)10-15(16)20/h4-11,21H,3,20H2,1-2H3/b17-11+. The van der Waals surface area contributed by atoms with Crippen molar-refractivity contribution in [3.8, 4) is 5.75 Å². The Kier molecular flexibility index (Phi) is 6.09. The predicted molar refractivity (Wildman–Crippen MR) is 97.1 cm³/mol. The number of nitrogens with two attached hydrogens (primary N) is 1. The van der Waals surface area contributed by atoms with E-state index >= 15 is 0 Å². The second-order valence-corrected chi connectivity index (χ2v) is 5.28. The molecule has 24 heavy (non-hydrogen) atoms. The van der Waals surface area contributed by atoms with Gasteiger partial charge in [-0.2, -0.15) is 0 Å². The van der Waals surface area contributed by atoms with Crippen molar-refractivity contribution in [2.24, 2.45) is 0 Å². The van der Waals surface area contributed by atoms with Crippen LogP contribution >= 0.6 is 11.6 Å². The number of nitrogens with one attached hydrogen (secondary N) is 1. The zero-order chi connectivity index (χ0) is 17.5. The normalized spacial score (nSPS) is 11.0. The van der Waals surface area contributed by atoms with E-state index in [1.807, 2.05) is 12.1 Å². The van der Waals surface area contributed by atoms with Gasteiger partial charge in [0.15, 0.2) is 0 Å². The number of carbonyl (C=O) groups is 1. The molecule has 0 aliphatic rings. The summed E-state index contributed by atoms with van der Waals surface area (Å²) in [4.78, 5) is 11.9. The van der Waals surface area contributed by atoms with Crippen molar-refractivity contribution in [3.63, 3.8) is 0 Å². The number of carbonyl (C=O) groups excluding carboxylic acids is 1. The summed E-state index contributed by atoms with van der Waals surface area (Å²) in [6.07, 6.45) is 1.36. The number of rotatable bonds is 6. The highest BCUT2D eigenvalue weighted by atomic mass is 35.5. The molecule has 0 aliphatic heterocycles. The third-order valence-electron chi connectivity index (χ3n) is 3.24. The van der Waals surface area contributed by atoms with Gasteiger partial charge in [-0.25, -0.2) is 4.79 Å². The minimum atomic E-state index is -0.466. The van der Waals surface area contributed by atoms with Gasteiger partial charge in [0.1, 0.15) is 5.75 Å². The van der Waals surface area contributed by atoms with E-state index in [1.165, 1.54) is 6.08 Å². The molecule has 3 N–H and O–H groups in total. The van der Waals surface area contributed by atoms with Gasteiger partial charge in [-0.05, 0) is 25.1 Å². The first-order valence-electron chi connectivity index (χ1n) is 7.39. The molecule has 0 fully saturated rings. The number of nitrogen functional groups attached to an aromatic ring is 1. The zero-order valence-electron chi connectivity index (χ0n) is 13.5. The quantitative estimate of drug-likeness (QED) is 0.470. The summed E-state index contributed by atoms with van der Waals surface area (Å²) in [5.41, 5.74) is 8.31.